The minimum Gasteiger partial charge on any atom is -0.326 e. The summed E-state index contributed by atoms with van der Waals surface area (Å²) in [6.07, 6.45) is 1.39. The van der Waals surface area contributed by atoms with Crippen molar-refractivity contribution in [2.75, 3.05) is 5.32 Å². The van der Waals surface area contributed by atoms with Crippen LogP contribution in [0.15, 0.2) is 39.7 Å². The third kappa shape index (κ3) is 3.05. The summed E-state index contributed by atoms with van der Waals surface area (Å²) in [7, 11) is 0. The molecule has 0 spiro atoms. The number of rotatable bonds is 2. The Hall–Kier alpha value is -2.02. The molecule has 0 bridgehead atoms. The summed E-state index contributed by atoms with van der Waals surface area (Å²) in [5.74, 6) is -2.51. The zero-order valence-corrected chi connectivity index (χ0v) is 10.9. The Morgan fingerprint density at radius 1 is 1.26 bits per heavy atom. The van der Waals surface area contributed by atoms with Gasteiger partial charge >= 0.3 is 0 Å². The molecule has 19 heavy (non-hydrogen) atoms. The lowest BCUT2D eigenvalue weighted by atomic mass is 10.2. The second-order valence-corrected chi connectivity index (χ2v) is 4.55. The number of aromatic amines is 1. The molecule has 2 aromatic rings. The van der Waals surface area contributed by atoms with Crippen LogP contribution < -0.4 is 10.9 Å². The highest BCUT2D eigenvalue weighted by atomic mass is 79.9. The molecule has 2 N–H and O–H groups in total. The molecule has 4 nitrogen and oxygen atoms in total. The highest BCUT2D eigenvalue weighted by molar-refractivity contribution is 9.10. The zero-order valence-electron chi connectivity index (χ0n) is 9.34. The summed E-state index contributed by atoms with van der Waals surface area (Å²) in [6.45, 7) is 0. The highest BCUT2D eigenvalue weighted by Gasteiger charge is 2.14. The third-order valence-electron chi connectivity index (χ3n) is 2.29. The number of pyridine rings is 1. The van der Waals surface area contributed by atoms with Crippen molar-refractivity contribution in [3.63, 3.8) is 0 Å². The van der Waals surface area contributed by atoms with E-state index < -0.39 is 28.7 Å². The van der Waals surface area contributed by atoms with E-state index in [2.05, 4.69) is 26.2 Å². The maximum atomic E-state index is 13.4. The van der Waals surface area contributed by atoms with Crippen LogP contribution in [0.1, 0.15) is 10.4 Å². The molecule has 1 aromatic carbocycles. The maximum absolute atomic E-state index is 13.4. The van der Waals surface area contributed by atoms with Gasteiger partial charge in [-0.05, 0) is 40.2 Å². The van der Waals surface area contributed by atoms with Crippen molar-refractivity contribution in [1.29, 1.82) is 0 Å². The predicted octanol–water partition coefficient (Wildman–Crippen LogP) is 2.67. The van der Waals surface area contributed by atoms with Gasteiger partial charge in [0, 0.05) is 10.7 Å². The first-order valence-corrected chi connectivity index (χ1v) is 5.91. The van der Waals surface area contributed by atoms with Gasteiger partial charge in [-0.3, -0.25) is 9.59 Å². The molecule has 1 heterocycles. The number of carbonyl (C=O) groups excluding carboxylic acids is 1. The number of nitrogens with one attached hydrogen (secondary N) is 2. The van der Waals surface area contributed by atoms with Crippen LogP contribution in [0.25, 0.3) is 0 Å². The number of amides is 1. The first kappa shape index (κ1) is 13.4. The molecule has 0 fully saturated rings. The van der Waals surface area contributed by atoms with Crippen molar-refractivity contribution in [2.45, 2.75) is 0 Å². The Kier molecular flexibility index (Phi) is 3.75. The smallest absolute Gasteiger partial charge is 0.271 e. The fourth-order valence-electron chi connectivity index (χ4n) is 1.41. The van der Waals surface area contributed by atoms with E-state index in [1.54, 1.807) is 0 Å². The Labute approximate surface area is 114 Å². The summed E-state index contributed by atoms with van der Waals surface area (Å²) in [4.78, 5) is 25.6. The van der Waals surface area contributed by atoms with E-state index in [-0.39, 0.29) is 5.69 Å². The van der Waals surface area contributed by atoms with Gasteiger partial charge in [0.2, 0.25) is 0 Å². The van der Waals surface area contributed by atoms with Crippen LogP contribution >= 0.6 is 15.9 Å². The van der Waals surface area contributed by atoms with Crippen molar-refractivity contribution >= 4 is 27.5 Å². The number of hydrogen-bond acceptors (Lipinski definition) is 2. The zero-order chi connectivity index (χ0) is 14.0. The van der Waals surface area contributed by atoms with Gasteiger partial charge < -0.3 is 10.3 Å². The summed E-state index contributed by atoms with van der Waals surface area (Å²) in [5, 5.41) is 2.22. The van der Waals surface area contributed by atoms with Crippen LogP contribution in [-0.4, -0.2) is 10.9 Å². The van der Waals surface area contributed by atoms with Gasteiger partial charge in [0.1, 0.15) is 17.3 Å². The van der Waals surface area contributed by atoms with Gasteiger partial charge in [0.05, 0.1) is 5.56 Å². The number of halogens is 3. The molecule has 0 aliphatic heterocycles. The summed E-state index contributed by atoms with van der Waals surface area (Å²) in [6, 6.07) is 3.86. The van der Waals surface area contributed by atoms with Gasteiger partial charge in [0.15, 0.2) is 0 Å². The van der Waals surface area contributed by atoms with Crippen molar-refractivity contribution in [3.05, 3.63) is 62.5 Å². The van der Waals surface area contributed by atoms with Crippen LogP contribution in [0.2, 0.25) is 0 Å². The Balaban J connectivity index is 2.33. The molecule has 1 aromatic heterocycles. The van der Waals surface area contributed by atoms with Crippen LogP contribution in [-0.2, 0) is 0 Å². The Morgan fingerprint density at radius 3 is 2.74 bits per heavy atom. The second-order valence-electron chi connectivity index (χ2n) is 3.64. The maximum Gasteiger partial charge on any atom is 0.271 e. The fourth-order valence-corrected chi connectivity index (χ4v) is 1.75. The lowest BCUT2D eigenvalue weighted by Crippen LogP contribution is -2.20. The van der Waals surface area contributed by atoms with E-state index in [9.17, 15) is 18.4 Å². The van der Waals surface area contributed by atoms with Crippen molar-refractivity contribution < 1.29 is 13.6 Å². The number of benzene rings is 1. The Morgan fingerprint density at radius 2 is 2.00 bits per heavy atom. The van der Waals surface area contributed by atoms with Crippen molar-refractivity contribution in [2.24, 2.45) is 0 Å². The molecule has 98 valence electrons. The number of anilines is 1. The van der Waals surface area contributed by atoms with Crippen molar-refractivity contribution in [3.8, 4) is 0 Å². The first-order chi connectivity index (χ1) is 8.97. The van der Waals surface area contributed by atoms with E-state index >= 15 is 0 Å². The molecule has 0 radical (unpaired) electrons. The van der Waals surface area contributed by atoms with E-state index in [1.807, 2.05) is 0 Å². The molecule has 0 unspecified atom stereocenters. The molecule has 0 saturated carbocycles. The number of H-pyrrole nitrogens is 1. The van der Waals surface area contributed by atoms with Gasteiger partial charge in [-0.15, -0.1) is 0 Å². The molecule has 1 amide bonds. The van der Waals surface area contributed by atoms with Crippen LogP contribution in [0.3, 0.4) is 0 Å². The molecule has 0 aliphatic carbocycles. The quantitative estimate of drug-likeness (QED) is 0.890. The normalized spacial score (nSPS) is 10.3. The number of hydrogen-bond donors (Lipinski definition) is 2. The van der Waals surface area contributed by atoms with E-state index in [1.165, 1.54) is 12.3 Å². The first-order valence-electron chi connectivity index (χ1n) is 5.12. The lowest BCUT2D eigenvalue weighted by molar-refractivity contribution is 0.102. The fraction of sp³-hybridized carbons (Fsp3) is 0. The van der Waals surface area contributed by atoms with Gasteiger partial charge in [-0.25, -0.2) is 8.78 Å². The van der Waals surface area contributed by atoms with Crippen LogP contribution in [0.5, 0.6) is 0 Å². The summed E-state index contributed by atoms with van der Waals surface area (Å²) >= 11 is 3.11. The second kappa shape index (κ2) is 5.31. The molecule has 2 rings (SSSR count). The number of carbonyl (C=O) groups is 1. The van der Waals surface area contributed by atoms with E-state index in [0.29, 0.717) is 4.47 Å². The molecule has 0 aliphatic rings. The van der Waals surface area contributed by atoms with E-state index in [4.69, 9.17) is 0 Å². The van der Waals surface area contributed by atoms with Gasteiger partial charge in [-0.1, -0.05) is 0 Å². The highest BCUT2D eigenvalue weighted by Crippen LogP contribution is 2.14. The number of aromatic nitrogens is 1. The monoisotopic (exact) mass is 328 g/mol. The van der Waals surface area contributed by atoms with Gasteiger partial charge in [0.25, 0.3) is 11.5 Å². The average molecular weight is 329 g/mol. The summed E-state index contributed by atoms with van der Waals surface area (Å²) < 4.78 is 26.9. The molecule has 0 saturated heterocycles. The summed E-state index contributed by atoms with van der Waals surface area (Å²) in [5.41, 5.74) is -1.09. The molecular formula is C12H7BrF2N2O2. The predicted molar refractivity (Wildman–Crippen MR) is 69.1 cm³/mol. The standard InChI is InChI=1S/C12H7BrF2N2O2/c13-6-3-10(12(19)16-5-6)17-11(18)8-4-7(14)1-2-9(8)15/h1-5H,(H,16,19)(H,17,18). The molecular weight excluding hydrogens is 322 g/mol. The van der Waals surface area contributed by atoms with Crippen LogP contribution in [0, 0.1) is 11.6 Å². The Bertz CT molecular complexity index is 700. The van der Waals surface area contributed by atoms with Gasteiger partial charge in [-0.2, -0.15) is 0 Å². The topological polar surface area (TPSA) is 62.0 Å². The lowest BCUT2D eigenvalue weighted by Gasteiger charge is -2.05. The SMILES string of the molecule is O=C(Nc1cc(Br)c[nH]c1=O)c1cc(F)ccc1F. The average Bonchev–Trinajstić information content (AvgIpc) is 2.36. The molecule has 7 heteroatoms. The minimum atomic E-state index is -0.902. The largest absolute Gasteiger partial charge is 0.326 e. The minimum absolute atomic E-state index is 0.0666. The third-order valence-corrected chi connectivity index (χ3v) is 2.75. The molecule has 0 atom stereocenters. The van der Waals surface area contributed by atoms with Crippen LogP contribution in [0.4, 0.5) is 14.5 Å². The van der Waals surface area contributed by atoms with E-state index in [0.717, 1.165) is 18.2 Å². The van der Waals surface area contributed by atoms with Crippen molar-refractivity contribution in [1.82, 2.24) is 4.98 Å².